The first-order valence-corrected chi connectivity index (χ1v) is 8.60. The van der Waals surface area contributed by atoms with Gasteiger partial charge in [-0.2, -0.15) is 0 Å². The zero-order valence-corrected chi connectivity index (χ0v) is 14.9. The molecule has 0 unspecified atom stereocenters. The lowest BCUT2D eigenvalue weighted by Crippen LogP contribution is -2.05. The van der Waals surface area contributed by atoms with E-state index < -0.39 is 5.97 Å². The molecule has 9 heteroatoms. The van der Waals surface area contributed by atoms with Crippen LogP contribution in [0.3, 0.4) is 0 Å². The fourth-order valence-corrected chi connectivity index (χ4v) is 3.19. The molecular weight excluding hydrogens is 371 g/mol. The second-order valence-electron chi connectivity index (χ2n) is 4.72. The van der Waals surface area contributed by atoms with E-state index in [2.05, 4.69) is 15.0 Å². The average Bonchev–Trinajstić information content (AvgIpc) is 3.16. The number of ether oxygens (including phenoxy) is 1. The van der Waals surface area contributed by atoms with Crippen LogP contribution in [0.5, 0.6) is 0 Å². The normalized spacial score (nSPS) is 10.8. The van der Waals surface area contributed by atoms with E-state index in [1.54, 1.807) is 23.8 Å². The molecule has 124 valence electrons. The van der Waals surface area contributed by atoms with Crippen LogP contribution in [0.2, 0.25) is 9.36 Å². The lowest BCUT2D eigenvalue weighted by Gasteiger charge is -2.05. The number of imidazole rings is 1. The number of carbonyl (C=O) groups is 1. The Balaban J connectivity index is 1.98. The molecule has 0 aliphatic heterocycles. The molecule has 0 aliphatic rings. The van der Waals surface area contributed by atoms with Crippen molar-refractivity contribution >= 4 is 40.5 Å². The Bertz CT molecular complexity index is 861. The minimum absolute atomic E-state index is 0.227. The number of thiophene rings is 1. The van der Waals surface area contributed by atoms with E-state index in [1.807, 2.05) is 6.07 Å². The summed E-state index contributed by atoms with van der Waals surface area (Å²) in [6, 6.07) is 3.63. The third-order valence-electron chi connectivity index (χ3n) is 3.04. The second kappa shape index (κ2) is 7.29. The summed E-state index contributed by atoms with van der Waals surface area (Å²) in [5, 5.41) is 0.460. The first kappa shape index (κ1) is 16.9. The fourth-order valence-electron chi connectivity index (χ4n) is 2.04. The summed E-state index contributed by atoms with van der Waals surface area (Å²) < 4.78 is 7.45. The first-order valence-electron chi connectivity index (χ1n) is 7.03. The van der Waals surface area contributed by atoms with Gasteiger partial charge in [-0.1, -0.05) is 23.2 Å². The van der Waals surface area contributed by atoms with E-state index in [4.69, 9.17) is 27.9 Å². The summed E-state index contributed by atoms with van der Waals surface area (Å²) in [7, 11) is 0. The highest BCUT2D eigenvalue weighted by atomic mass is 35.5. The molecule has 0 aliphatic carbocycles. The van der Waals surface area contributed by atoms with Crippen molar-refractivity contribution in [3.63, 3.8) is 0 Å². The van der Waals surface area contributed by atoms with E-state index in [0.29, 0.717) is 27.6 Å². The number of nitrogens with zero attached hydrogens (tertiary/aromatic N) is 4. The molecule has 3 heterocycles. The quantitative estimate of drug-likeness (QED) is 0.625. The topological polar surface area (TPSA) is 69.9 Å². The van der Waals surface area contributed by atoms with E-state index in [-0.39, 0.29) is 12.3 Å². The van der Waals surface area contributed by atoms with Crippen molar-refractivity contribution in [3.8, 4) is 10.7 Å². The predicted molar refractivity (Wildman–Crippen MR) is 92.7 cm³/mol. The monoisotopic (exact) mass is 382 g/mol. The number of halogens is 2. The molecule has 0 atom stereocenters. The maximum Gasteiger partial charge on any atom is 0.358 e. The Labute approximate surface area is 152 Å². The van der Waals surface area contributed by atoms with Gasteiger partial charge in [-0.3, -0.25) is 0 Å². The van der Waals surface area contributed by atoms with Gasteiger partial charge in [0.1, 0.15) is 5.82 Å². The molecule has 0 aromatic carbocycles. The summed E-state index contributed by atoms with van der Waals surface area (Å²) in [6.45, 7) is 2.37. The van der Waals surface area contributed by atoms with Gasteiger partial charge in [0.15, 0.2) is 11.5 Å². The number of aromatic nitrogens is 4. The van der Waals surface area contributed by atoms with Crippen molar-refractivity contribution in [1.29, 1.82) is 0 Å². The van der Waals surface area contributed by atoms with Crippen LogP contribution < -0.4 is 0 Å². The van der Waals surface area contributed by atoms with Crippen molar-refractivity contribution < 1.29 is 9.53 Å². The van der Waals surface area contributed by atoms with Crippen LogP contribution in [0.4, 0.5) is 0 Å². The molecule has 0 bridgehead atoms. The number of esters is 1. The maximum absolute atomic E-state index is 12.0. The number of hydrogen-bond acceptors (Lipinski definition) is 6. The van der Waals surface area contributed by atoms with Gasteiger partial charge in [-0.15, -0.1) is 11.3 Å². The van der Waals surface area contributed by atoms with Gasteiger partial charge in [0.2, 0.25) is 0 Å². The van der Waals surface area contributed by atoms with E-state index in [1.165, 1.54) is 23.7 Å². The summed E-state index contributed by atoms with van der Waals surface area (Å²) >= 11 is 13.2. The number of carbonyl (C=O) groups excluding carboxylic acids is 1. The average molecular weight is 383 g/mol. The smallest absolute Gasteiger partial charge is 0.358 e. The van der Waals surface area contributed by atoms with Crippen molar-refractivity contribution in [2.45, 2.75) is 13.5 Å². The molecule has 0 spiro atoms. The Hall–Kier alpha value is -1.96. The highest BCUT2D eigenvalue weighted by molar-refractivity contribution is 7.19. The van der Waals surface area contributed by atoms with Crippen molar-refractivity contribution in [3.05, 3.63) is 51.6 Å². The summed E-state index contributed by atoms with van der Waals surface area (Å²) in [6.07, 6.45) is 4.67. The van der Waals surface area contributed by atoms with E-state index in [0.717, 1.165) is 4.88 Å². The SMILES string of the molecule is CCOC(=O)c1cn(Cc2ncc(Cl)cn2)c(-c2ccc(Cl)s2)n1. The molecule has 6 nitrogen and oxygen atoms in total. The molecule has 3 aromatic heterocycles. The van der Waals surface area contributed by atoms with Gasteiger partial charge in [0.25, 0.3) is 0 Å². The van der Waals surface area contributed by atoms with Crippen LogP contribution in [0.1, 0.15) is 23.2 Å². The molecule has 24 heavy (non-hydrogen) atoms. The largest absolute Gasteiger partial charge is 0.461 e. The molecule has 0 fully saturated rings. The van der Waals surface area contributed by atoms with Crippen LogP contribution in [-0.4, -0.2) is 32.1 Å². The molecule has 0 amide bonds. The van der Waals surface area contributed by atoms with E-state index >= 15 is 0 Å². The fraction of sp³-hybridized carbons (Fsp3) is 0.200. The summed E-state index contributed by atoms with van der Waals surface area (Å²) in [4.78, 5) is 25.5. The zero-order chi connectivity index (χ0) is 17.1. The lowest BCUT2D eigenvalue weighted by atomic mass is 10.4. The van der Waals surface area contributed by atoms with Crippen LogP contribution in [0.15, 0.2) is 30.7 Å². The van der Waals surface area contributed by atoms with Gasteiger partial charge in [-0.05, 0) is 19.1 Å². The summed E-state index contributed by atoms with van der Waals surface area (Å²) in [5.41, 5.74) is 0.227. The molecule has 3 rings (SSSR count). The predicted octanol–water partition coefficient (Wildman–Crippen LogP) is 3.93. The molecule has 0 saturated heterocycles. The third-order valence-corrected chi connectivity index (χ3v) is 4.46. The molecule has 0 radical (unpaired) electrons. The van der Waals surface area contributed by atoms with E-state index in [9.17, 15) is 4.79 Å². The number of hydrogen-bond donors (Lipinski definition) is 0. The van der Waals surface area contributed by atoms with Crippen LogP contribution in [0, 0.1) is 0 Å². The molecular formula is C15H12Cl2N4O2S. The Morgan fingerprint density at radius 1 is 1.29 bits per heavy atom. The summed E-state index contributed by atoms with van der Waals surface area (Å²) in [5.74, 6) is 0.682. The van der Waals surface area contributed by atoms with Crippen LogP contribution >= 0.6 is 34.5 Å². The standard InChI is InChI=1S/C15H12Cl2N4O2S/c1-2-23-15(22)10-7-21(8-13-18-5-9(16)6-19-13)14(20-10)11-3-4-12(17)24-11/h3-7H,2,8H2,1H3. The maximum atomic E-state index is 12.0. The van der Waals surface area contributed by atoms with Gasteiger partial charge in [0, 0.05) is 18.6 Å². The highest BCUT2D eigenvalue weighted by Crippen LogP contribution is 2.31. The van der Waals surface area contributed by atoms with Gasteiger partial charge < -0.3 is 9.30 Å². The van der Waals surface area contributed by atoms with Crippen LogP contribution in [0.25, 0.3) is 10.7 Å². The Morgan fingerprint density at radius 3 is 2.67 bits per heavy atom. The minimum atomic E-state index is -0.475. The molecule has 0 N–H and O–H groups in total. The zero-order valence-electron chi connectivity index (χ0n) is 12.6. The van der Waals surface area contributed by atoms with Crippen molar-refractivity contribution in [2.75, 3.05) is 6.61 Å². The van der Waals surface area contributed by atoms with Gasteiger partial charge in [0.05, 0.1) is 27.4 Å². The van der Waals surface area contributed by atoms with Crippen molar-refractivity contribution in [2.24, 2.45) is 0 Å². The van der Waals surface area contributed by atoms with Crippen LogP contribution in [-0.2, 0) is 11.3 Å². The second-order valence-corrected chi connectivity index (χ2v) is 6.87. The van der Waals surface area contributed by atoms with Gasteiger partial charge >= 0.3 is 5.97 Å². The molecule has 0 saturated carbocycles. The third kappa shape index (κ3) is 3.75. The minimum Gasteiger partial charge on any atom is -0.461 e. The van der Waals surface area contributed by atoms with Gasteiger partial charge in [-0.25, -0.2) is 19.7 Å². The molecule has 3 aromatic rings. The Kier molecular flexibility index (Phi) is 5.13. The van der Waals surface area contributed by atoms with Crippen molar-refractivity contribution in [1.82, 2.24) is 19.5 Å². The lowest BCUT2D eigenvalue weighted by molar-refractivity contribution is 0.0520. The number of rotatable bonds is 5. The first-order chi connectivity index (χ1) is 11.6. The Morgan fingerprint density at radius 2 is 2.04 bits per heavy atom. The highest BCUT2D eigenvalue weighted by Gasteiger charge is 2.18.